The van der Waals surface area contributed by atoms with Crippen molar-refractivity contribution in [1.82, 2.24) is 0 Å². The number of benzene rings is 3. The summed E-state index contributed by atoms with van der Waals surface area (Å²) in [7, 11) is 1.30. The molecule has 1 aliphatic rings. The van der Waals surface area contributed by atoms with Crippen LogP contribution in [0.5, 0.6) is 5.75 Å². The van der Waals surface area contributed by atoms with Crippen LogP contribution in [0.25, 0.3) is 5.76 Å². The van der Waals surface area contributed by atoms with E-state index >= 15 is 0 Å². The molecule has 1 aliphatic heterocycles. The maximum atomic E-state index is 13.2. The minimum absolute atomic E-state index is 0.0528. The Labute approximate surface area is 200 Å². The number of aromatic hydroxyl groups is 1. The van der Waals surface area contributed by atoms with Crippen molar-refractivity contribution in [2.24, 2.45) is 0 Å². The van der Waals surface area contributed by atoms with Crippen LogP contribution in [-0.2, 0) is 25.5 Å². The number of aliphatic hydroxyl groups is 1. The Morgan fingerprint density at radius 3 is 2.32 bits per heavy atom. The third kappa shape index (κ3) is 4.38. The highest BCUT2D eigenvalue weighted by atomic mass is 35.5. The number of carbonyl (C=O) groups is 3. The average Bonchev–Trinajstić information content (AvgIpc) is 3.10. The van der Waals surface area contributed by atoms with E-state index < -0.39 is 23.7 Å². The van der Waals surface area contributed by atoms with E-state index in [-0.39, 0.29) is 23.5 Å². The Balaban J connectivity index is 1.85. The van der Waals surface area contributed by atoms with Crippen LogP contribution < -0.4 is 4.90 Å². The standard InChI is InChI=1S/C26H20ClNO6/c1-34-21(30)13-15-5-11-19(12-6-15)28-23(17-3-2-4-20(29)14-17)22(25(32)26(28)33)24(31)16-7-9-18(27)10-8-16/h2-12,14,23,29,31H,13H2,1H3/b24-22-. The van der Waals surface area contributed by atoms with Gasteiger partial charge in [0.2, 0.25) is 0 Å². The summed E-state index contributed by atoms with van der Waals surface area (Å²) in [5, 5.41) is 21.6. The zero-order valence-corrected chi connectivity index (χ0v) is 18.8. The second kappa shape index (κ2) is 9.41. The van der Waals surface area contributed by atoms with Gasteiger partial charge in [0.15, 0.2) is 0 Å². The molecule has 3 aromatic rings. The number of ketones is 1. The van der Waals surface area contributed by atoms with Gasteiger partial charge in [-0.3, -0.25) is 19.3 Å². The van der Waals surface area contributed by atoms with Crippen molar-refractivity contribution in [3.8, 4) is 5.75 Å². The molecule has 1 amide bonds. The summed E-state index contributed by atoms with van der Waals surface area (Å²) in [5.74, 6) is -2.50. The number of halogens is 1. The van der Waals surface area contributed by atoms with Gasteiger partial charge < -0.3 is 14.9 Å². The van der Waals surface area contributed by atoms with Gasteiger partial charge in [0, 0.05) is 16.3 Å². The van der Waals surface area contributed by atoms with Gasteiger partial charge in [-0.1, -0.05) is 35.9 Å². The fraction of sp³-hybridized carbons (Fsp3) is 0.115. The summed E-state index contributed by atoms with van der Waals surface area (Å²) >= 11 is 5.94. The average molecular weight is 478 g/mol. The molecule has 172 valence electrons. The molecule has 0 spiro atoms. The summed E-state index contributed by atoms with van der Waals surface area (Å²) in [4.78, 5) is 39.1. The minimum Gasteiger partial charge on any atom is -0.508 e. The number of carbonyl (C=O) groups excluding carboxylic acids is 3. The first kappa shape index (κ1) is 23.1. The van der Waals surface area contributed by atoms with Gasteiger partial charge >= 0.3 is 5.97 Å². The summed E-state index contributed by atoms with van der Waals surface area (Å²) < 4.78 is 4.68. The number of esters is 1. The van der Waals surface area contributed by atoms with Gasteiger partial charge in [-0.2, -0.15) is 0 Å². The van der Waals surface area contributed by atoms with Crippen molar-refractivity contribution in [1.29, 1.82) is 0 Å². The molecule has 0 aromatic heterocycles. The molecule has 2 N–H and O–H groups in total. The second-order valence-electron chi connectivity index (χ2n) is 7.69. The van der Waals surface area contributed by atoms with Gasteiger partial charge in [-0.05, 0) is 59.7 Å². The van der Waals surface area contributed by atoms with E-state index in [1.165, 1.54) is 24.1 Å². The van der Waals surface area contributed by atoms with Gasteiger partial charge in [0.25, 0.3) is 11.7 Å². The van der Waals surface area contributed by atoms with Crippen molar-refractivity contribution < 1.29 is 29.3 Å². The number of phenolic OH excluding ortho intramolecular Hbond substituents is 1. The largest absolute Gasteiger partial charge is 0.508 e. The van der Waals surface area contributed by atoms with Crippen LogP contribution in [0.3, 0.4) is 0 Å². The fourth-order valence-corrected chi connectivity index (χ4v) is 4.01. The van der Waals surface area contributed by atoms with Crippen molar-refractivity contribution in [3.05, 3.63) is 100 Å². The molecule has 1 heterocycles. The number of nitrogens with zero attached hydrogens (tertiary/aromatic N) is 1. The Morgan fingerprint density at radius 2 is 1.71 bits per heavy atom. The van der Waals surface area contributed by atoms with Crippen LogP contribution in [-0.4, -0.2) is 35.0 Å². The molecular formula is C26H20ClNO6. The molecule has 0 aliphatic carbocycles. The lowest BCUT2D eigenvalue weighted by Gasteiger charge is -2.25. The number of Topliss-reactive ketones (excluding diaryl/α,β-unsaturated/α-hetero) is 1. The Hall–Kier alpha value is -4.10. The van der Waals surface area contributed by atoms with E-state index in [1.807, 2.05) is 0 Å². The van der Waals surface area contributed by atoms with Crippen molar-refractivity contribution in [2.75, 3.05) is 12.0 Å². The highest BCUT2D eigenvalue weighted by Gasteiger charge is 2.47. The molecule has 34 heavy (non-hydrogen) atoms. The fourth-order valence-electron chi connectivity index (χ4n) is 3.89. The van der Waals surface area contributed by atoms with E-state index in [0.717, 1.165) is 0 Å². The predicted molar refractivity (Wildman–Crippen MR) is 127 cm³/mol. The summed E-state index contributed by atoms with van der Waals surface area (Å²) in [6.07, 6.45) is 0.0577. The smallest absolute Gasteiger partial charge is 0.309 e. The van der Waals surface area contributed by atoms with E-state index in [2.05, 4.69) is 4.74 Å². The molecule has 0 radical (unpaired) electrons. The quantitative estimate of drug-likeness (QED) is 0.244. The third-order valence-electron chi connectivity index (χ3n) is 5.54. The van der Waals surface area contributed by atoms with E-state index in [1.54, 1.807) is 60.7 Å². The monoisotopic (exact) mass is 477 g/mol. The number of ether oxygens (including phenoxy) is 1. The van der Waals surface area contributed by atoms with Gasteiger partial charge in [-0.25, -0.2) is 0 Å². The molecule has 8 heteroatoms. The Kier molecular flexibility index (Phi) is 6.38. The lowest BCUT2D eigenvalue weighted by molar-refractivity contribution is -0.139. The molecule has 1 fully saturated rings. The lowest BCUT2D eigenvalue weighted by atomic mass is 9.95. The normalized spacial score (nSPS) is 17.1. The van der Waals surface area contributed by atoms with Crippen molar-refractivity contribution >= 4 is 40.7 Å². The first-order chi connectivity index (χ1) is 16.3. The highest BCUT2D eigenvalue weighted by Crippen LogP contribution is 2.42. The van der Waals surface area contributed by atoms with Gasteiger partial charge in [-0.15, -0.1) is 0 Å². The van der Waals surface area contributed by atoms with Crippen LogP contribution in [0.2, 0.25) is 5.02 Å². The summed E-state index contributed by atoms with van der Waals surface area (Å²) in [5.41, 5.74) is 1.70. The predicted octanol–water partition coefficient (Wildman–Crippen LogP) is 4.39. The van der Waals surface area contributed by atoms with Crippen molar-refractivity contribution in [3.63, 3.8) is 0 Å². The molecular weight excluding hydrogens is 458 g/mol. The van der Waals surface area contributed by atoms with Gasteiger partial charge in [0.1, 0.15) is 11.5 Å². The van der Waals surface area contributed by atoms with Crippen LogP contribution in [0.15, 0.2) is 78.4 Å². The number of phenols is 1. The number of rotatable bonds is 5. The molecule has 3 aromatic carbocycles. The zero-order valence-electron chi connectivity index (χ0n) is 18.1. The first-order valence-electron chi connectivity index (χ1n) is 10.3. The van der Waals surface area contributed by atoms with Crippen LogP contribution in [0.4, 0.5) is 5.69 Å². The summed E-state index contributed by atoms with van der Waals surface area (Å²) in [6.45, 7) is 0. The van der Waals surface area contributed by atoms with Crippen molar-refractivity contribution in [2.45, 2.75) is 12.5 Å². The number of hydrogen-bond acceptors (Lipinski definition) is 6. The minimum atomic E-state index is -0.991. The molecule has 0 saturated carbocycles. The zero-order chi connectivity index (χ0) is 24.4. The Morgan fingerprint density at radius 1 is 1.03 bits per heavy atom. The molecule has 7 nitrogen and oxygen atoms in total. The molecule has 1 atom stereocenters. The molecule has 1 saturated heterocycles. The van der Waals surface area contributed by atoms with Gasteiger partial charge in [0.05, 0.1) is 25.1 Å². The van der Waals surface area contributed by atoms with E-state index in [0.29, 0.717) is 27.4 Å². The third-order valence-corrected chi connectivity index (χ3v) is 5.79. The maximum Gasteiger partial charge on any atom is 0.309 e. The number of methoxy groups -OCH3 is 1. The number of amides is 1. The Bertz CT molecular complexity index is 1300. The number of hydrogen-bond donors (Lipinski definition) is 2. The van der Waals surface area contributed by atoms with Crippen LogP contribution >= 0.6 is 11.6 Å². The van der Waals surface area contributed by atoms with E-state index in [9.17, 15) is 24.6 Å². The van der Waals surface area contributed by atoms with Crippen LogP contribution in [0.1, 0.15) is 22.7 Å². The van der Waals surface area contributed by atoms with E-state index in [4.69, 9.17) is 11.6 Å². The maximum absolute atomic E-state index is 13.2. The molecule has 0 bridgehead atoms. The molecule has 4 rings (SSSR count). The second-order valence-corrected chi connectivity index (χ2v) is 8.13. The highest BCUT2D eigenvalue weighted by molar-refractivity contribution is 6.51. The topological polar surface area (TPSA) is 104 Å². The summed E-state index contributed by atoms with van der Waals surface area (Å²) in [6, 6.07) is 17.9. The van der Waals surface area contributed by atoms with Crippen LogP contribution in [0, 0.1) is 0 Å². The SMILES string of the molecule is COC(=O)Cc1ccc(N2C(=O)C(=O)/C(=C(\O)c3ccc(Cl)cc3)C2c2cccc(O)c2)cc1. The lowest BCUT2D eigenvalue weighted by Crippen LogP contribution is -2.29. The first-order valence-corrected chi connectivity index (χ1v) is 10.7. The molecule has 1 unspecified atom stereocenters. The number of anilines is 1. The number of aliphatic hydroxyl groups excluding tert-OH is 1.